The average molecular weight is 253 g/mol. The first-order valence-corrected chi connectivity index (χ1v) is 6.16. The van der Waals surface area contributed by atoms with Gasteiger partial charge in [-0.05, 0) is 17.7 Å². The van der Waals surface area contributed by atoms with Crippen LogP contribution in [-0.4, -0.2) is 36.2 Å². The maximum atomic E-state index is 9.43. The minimum absolute atomic E-state index is 0.124. The van der Waals surface area contributed by atoms with Crippen molar-refractivity contribution < 1.29 is 5.11 Å². The van der Waals surface area contributed by atoms with Gasteiger partial charge in [0.05, 0.1) is 11.1 Å². The summed E-state index contributed by atoms with van der Waals surface area (Å²) in [4.78, 5) is 2.35. The summed E-state index contributed by atoms with van der Waals surface area (Å²) in [6.45, 7) is 7.88. The summed E-state index contributed by atoms with van der Waals surface area (Å²) in [5, 5.41) is 13.1. The first kappa shape index (κ1) is 12.4. The molecule has 2 rings (SSSR count). The maximum absolute atomic E-state index is 9.43. The summed E-state index contributed by atoms with van der Waals surface area (Å²) in [7, 11) is 0. The normalized spacial score (nSPS) is 18.9. The molecule has 0 spiro atoms. The maximum Gasteiger partial charge on any atom is 0.134 e. The highest BCUT2D eigenvalue weighted by molar-refractivity contribution is 6.32. The van der Waals surface area contributed by atoms with E-state index in [1.54, 1.807) is 6.07 Å². The molecule has 1 atom stereocenters. The molecule has 0 radical (unpaired) electrons. The zero-order valence-electron chi connectivity index (χ0n) is 9.69. The Kier molecular flexibility index (Phi) is 4.05. The summed E-state index contributed by atoms with van der Waals surface area (Å²) in [5.41, 5.74) is 1.07. The number of hydrogen-bond acceptors (Lipinski definition) is 3. The number of benzene rings is 1. The molecule has 92 valence electrons. The summed E-state index contributed by atoms with van der Waals surface area (Å²) >= 11 is 5.94. The predicted molar refractivity (Wildman–Crippen MR) is 70.5 cm³/mol. The lowest BCUT2D eigenvalue weighted by Crippen LogP contribution is -2.44. The van der Waals surface area contributed by atoms with E-state index in [-0.39, 0.29) is 11.8 Å². The topological polar surface area (TPSA) is 35.5 Å². The first-order chi connectivity index (χ1) is 8.22. The first-order valence-electron chi connectivity index (χ1n) is 5.78. The van der Waals surface area contributed by atoms with E-state index in [1.807, 2.05) is 18.2 Å². The van der Waals surface area contributed by atoms with Crippen molar-refractivity contribution in [2.75, 3.05) is 26.2 Å². The Balaban J connectivity index is 2.21. The van der Waals surface area contributed by atoms with Gasteiger partial charge in [-0.15, -0.1) is 6.58 Å². The quantitative estimate of drug-likeness (QED) is 0.810. The zero-order valence-corrected chi connectivity index (χ0v) is 10.5. The van der Waals surface area contributed by atoms with Crippen molar-refractivity contribution in [3.63, 3.8) is 0 Å². The number of halogens is 1. The Hall–Kier alpha value is -1.03. The standard InChI is InChI=1S/C13H17ClN2O/c1-2-12(16-7-5-15-6-8-16)10-3-4-13(17)11(14)9-10/h2-4,9,12,15,17H,1,5-8H2/t12-/m0/s1. The van der Waals surface area contributed by atoms with E-state index in [1.165, 1.54) is 0 Å². The monoisotopic (exact) mass is 252 g/mol. The molecule has 2 N–H and O–H groups in total. The number of rotatable bonds is 3. The Morgan fingerprint density at radius 3 is 2.71 bits per heavy atom. The van der Waals surface area contributed by atoms with Crippen molar-refractivity contribution in [3.8, 4) is 5.75 Å². The van der Waals surface area contributed by atoms with Gasteiger partial charge in [-0.2, -0.15) is 0 Å². The molecule has 0 amide bonds. The smallest absolute Gasteiger partial charge is 0.134 e. The predicted octanol–water partition coefficient (Wildman–Crippen LogP) is 2.18. The summed E-state index contributed by atoms with van der Waals surface area (Å²) in [5.74, 6) is 0.124. The molecule has 3 nitrogen and oxygen atoms in total. The highest BCUT2D eigenvalue weighted by Gasteiger charge is 2.19. The fourth-order valence-corrected chi connectivity index (χ4v) is 2.35. The number of nitrogens with zero attached hydrogens (tertiary/aromatic N) is 1. The van der Waals surface area contributed by atoms with Gasteiger partial charge < -0.3 is 10.4 Å². The number of nitrogens with one attached hydrogen (secondary N) is 1. The van der Waals surface area contributed by atoms with Crippen molar-refractivity contribution in [2.45, 2.75) is 6.04 Å². The second kappa shape index (κ2) is 5.54. The van der Waals surface area contributed by atoms with Crippen LogP contribution in [0.25, 0.3) is 0 Å². The van der Waals surface area contributed by atoms with Crippen LogP contribution in [0.4, 0.5) is 0 Å². The molecule has 1 aliphatic heterocycles. The third-order valence-corrected chi connectivity index (χ3v) is 3.38. The molecular weight excluding hydrogens is 236 g/mol. The molecule has 17 heavy (non-hydrogen) atoms. The lowest BCUT2D eigenvalue weighted by molar-refractivity contribution is 0.203. The van der Waals surface area contributed by atoms with Crippen LogP contribution in [0.1, 0.15) is 11.6 Å². The largest absolute Gasteiger partial charge is 0.506 e. The van der Waals surface area contributed by atoms with E-state index in [4.69, 9.17) is 11.6 Å². The molecule has 0 aliphatic carbocycles. The molecule has 1 aliphatic rings. The van der Waals surface area contributed by atoms with Gasteiger partial charge in [0.1, 0.15) is 5.75 Å². The number of aromatic hydroxyl groups is 1. The number of piperazine rings is 1. The molecule has 1 heterocycles. The Morgan fingerprint density at radius 1 is 1.41 bits per heavy atom. The zero-order chi connectivity index (χ0) is 12.3. The fraction of sp³-hybridized carbons (Fsp3) is 0.385. The van der Waals surface area contributed by atoms with Crippen LogP contribution in [0.2, 0.25) is 5.02 Å². The van der Waals surface area contributed by atoms with Crippen molar-refractivity contribution in [3.05, 3.63) is 41.4 Å². The molecule has 0 unspecified atom stereocenters. The van der Waals surface area contributed by atoms with Crippen LogP contribution in [0.5, 0.6) is 5.75 Å². The van der Waals surface area contributed by atoms with Crippen LogP contribution >= 0.6 is 11.6 Å². The van der Waals surface area contributed by atoms with E-state index >= 15 is 0 Å². The Labute approximate surface area is 107 Å². The van der Waals surface area contributed by atoms with Gasteiger partial charge in [0.15, 0.2) is 0 Å². The summed E-state index contributed by atoms with van der Waals surface area (Å²) < 4.78 is 0. The second-order valence-electron chi connectivity index (χ2n) is 4.18. The van der Waals surface area contributed by atoms with Crippen molar-refractivity contribution >= 4 is 11.6 Å². The molecule has 0 bridgehead atoms. The van der Waals surface area contributed by atoms with Crippen LogP contribution in [0.15, 0.2) is 30.9 Å². The van der Waals surface area contributed by atoms with E-state index in [0.29, 0.717) is 5.02 Å². The van der Waals surface area contributed by atoms with E-state index in [9.17, 15) is 5.11 Å². The third kappa shape index (κ3) is 2.80. The van der Waals surface area contributed by atoms with Crippen molar-refractivity contribution in [2.24, 2.45) is 0 Å². The third-order valence-electron chi connectivity index (χ3n) is 3.08. The van der Waals surface area contributed by atoms with Gasteiger partial charge in [-0.25, -0.2) is 0 Å². The number of phenolic OH excluding ortho intramolecular Hbond substituents is 1. The van der Waals surface area contributed by atoms with Gasteiger partial charge in [0.25, 0.3) is 0 Å². The molecule has 1 fully saturated rings. The fourth-order valence-electron chi connectivity index (χ4n) is 2.16. The second-order valence-corrected chi connectivity index (χ2v) is 4.58. The molecule has 0 saturated carbocycles. The lowest BCUT2D eigenvalue weighted by Gasteiger charge is -2.33. The van der Waals surface area contributed by atoms with Crippen molar-refractivity contribution in [1.82, 2.24) is 10.2 Å². The molecule has 4 heteroatoms. The minimum atomic E-state index is 0.124. The minimum Gasteiger partial charge on any atom is -0.506 e. The highest BCUT2D eigenvalue weighted by atomic mass is 35.5. The van der Waals surface area contributed by atoms with Gasteiger partial charge >= 0.3 is 0 Å². The van der Waals surface area contributed by atoms with E-state index < -0.39 is 0 Å². The van der Waals surface area contributed by atoms with Crippen molar-refractivity contribution in [1.29, 1.82) is 0 Å². The van der Waals surface area contributed by atoms with Gasteiger partial charge in [0.2, 0.25) is 0 Å². The molecule has 0 aromatic heterocycles. The van der Waals surface area contributed by atoms with Crippen LogP contribution in [0.3, 0.4) is 0 Å². The number of hydrogen-bond donors (Lipinski definition) is 2. The van der Waals surface area contributed by atoms with E-state index in [2.05, 4.69) is 16.8 Å². The van der Waals surface area contributed by atoms with Gasteiger partial charge in [-0.1, -0.05) is 23.7 Å². The van der Waals surface area contributed by atoms with Crippen LogP contribution in [0, 0.1) is 0 Å². The van der Waals surface area contributed by atoms with Gasteiger partial charge in [0, 0.05) is 26.2 Å². The van der Waals surface area contributed by atoms with Gasteiger partial charge in [-0.3, -0.25) is 4.90 Å². The molecule has 1 aromatic rings. The average Bonchev–Trinajstić information content (AvgIpc) is 2.36. The lowest BCUT2D eigenvalue weighted by atomic mass is 10.0. The SMILES string of the molecule is C=C[C@@H](c1ccc(O)c(Cl)c1)N1CCNCC1. The molecular formula is C13H17ClN2O. The summed E-state index contributed by atoms with van der Waals surface area (Å²) in [6.07, 6.45) is 1.92. The van der Waals surface area contributed by atoms with Crippen LogP contribution in [-0.2, 0) is 0 Å². The highest BCUT2D eigenvalue weighted by Crippen LogP contribution is 2.29. The number of phenols is 1. The molecule has 1 saturated heterocycles. The molecule has 1 aromatic carbocycles. The van der Waals surface area contributed by atoms with E-state index in [0.717, 1.165) is 31.7 Å². The Morgan fingerprint density at radius 2 is 2.12 bits per heavy atom. The summed E-state index contributed by atoms with van der Waals surface area (Å²) in [6, 6.07) is 5.51. The van der Waals surface area contributed by atoms with Crippen LogP contribution < -0.4 is 5.32 Å². The Bertz CT molecular complexity index is 402.